The summed E-state index contributed by atoms with van der Waals surface area (Å²) in [6.07, 6.45) is 2.23. The van der Waals surface area contributed by atoms with Crippen molar-refractivity contribution in [2.45, 2.75) is 31.7 Å². The Morgan fingerprint density at radius 1 is 1.00 bits per heavy atom. The maximum Gasteiger partial charge on any atom is 0.315 e. The molecule has 0 unspecified atom stereocenters. The first kappa shape index (κ1) is 18.1. The van der Waals surface area contributed by atoms with Gasteiger partial charge in [-0.3, -0.25) is 0 Å². The lowest BCUT2D eigenvalue weighted by Crippen LogP contribution is -2.39. The van der Waals surface area contributed by atoms with Crippen LogP contribution in [0.1, 0.15) is 29.5 Å². The van der Waals surface area contributed by atoms with Gasteiger partial charge < -0.3 is 20.1 Å². The number of carbonyl (C=O) groups excluding carboxylic acids is 1. The van der Waals surface area contributed by atoms with E-state index >= 15 is 0 Å². The largest absolute Gasteiger partial charge is 0.493 e. The lowest BCUT2D eigenvalue weighted by molar-refractivity contribution is 0.239. The Morgan fingerprint density at radius 2 is 1.69 bits per heavy atom. The van der Waals surface area contributed by atoms with E-state index in [1.165, 1.54) is 11.1 Å². The number of rotatable bonds is 7. The van der Waals surface area contributed by atoms with Crippen LogP contribution in [-0.4, -0.2) is 26.8 Å². The van der Waals surface area contributed by atoms with Gasteiger partial charge >= 0.3 is 6.03 Å². The number of urea groups is 1. The monoisotopic (exact) mass is 354 g/mol. The van der Waals surface area contributed by atoms with Gasteiger partial charge in [-0.15, -0.1) is 0 Å². The fraction of sp³-hybridized carbons (Fsp3) is 0.381. The van der Waals surface area contributed by atoms with E-state index in [0.717, 1.165) is 18.4 Å². The van der Waals surface area contributed by atoms with E-state index in [2.05, 4.69) is 41.8 Å². The second-order valence-electron chi connectivity index (χ2n) is 6.87. The van der Waals surface area contributed by atoms with Gasteiger partial charge in [0, 0.05) is 18.5 Å². The van der Waals surface area contributed by atoms with Crippen molar-refractivity contribution < 1.29 is 14.3 Å². The van der Waals surface area contributed by atoms with Gasteiger partial charge in [0.2, 0.25) is 0 Å². The summed E-state index contributed by atoms with van der Waals surface area (Å²) in [5, 5.41) is 5.92. The second-order valence-corrected chi connectivity index (χ2v) is 6.87. The topological polar surface area (TPSA) is 59.6 Å². The molecule has 2 aromatic rings. The third-order valence-corrected chi connectivity index (χ3v) is 5.01. The van der Waals surface area contributed by atoms with E-state index in [1.54, 1.807) is 14.2 Å². The number of amides is 2. The van der Waals surface area contributed by atoms with E-state index in [4.69, 9.17) is 9.47 Å². The molecule has 1 aliphatic rings. The van der Waals surface area contributed by atoms with Crippen molar-refractivity contribution in [3.63, 3.8) is 0 Å². The molecule has 0 heterocycles. The van der Waals surface area contributed by atoms with Gasteiger partial charge in [0.05, 0.1) is 14.2 Å². The van der Waals surface area contributed by atoms with Gasteiger partial charge in [0.15, 0.2) is 11.5 Å². The fourth-order valence-electron chi connectivity index (χ4n) is 3.11. The van der Waals surface area contributed by atoms with Crippen LogP contribution in [0.15, 0.2) is 42.5 Å². The minimum Gasteiger partial charge on any atom is -0.493 e. The van der Waals surface area contributed by atoms with E-state index in [0.29, 0.717) is 24.6 Å². The van der Waals surface area contributed by atoms with Crippen molar-refractivity contribution >= 4 is 6.03 Å². The molecule has 0 atom stereocenters. The molecule has 2 amide bonds. The predicted molar refractivity (Wildman–Crippen MR) is 102 cm³/mol. The molecule has 0 spiro atoms. The average molecular weight is 354 g/mol. The summed E-state index contributed by atoms with van der Waals surface area (Å²) in [6, 6.07) is 14.1. The molecule has 1 aliphatic carbocycles. The first-order valence-electron chi connectivity index (χ1n) is 8.86. The van der Waals surface area contributed by atoms with Crippen molar-refractivity contribution in [2.24, 2.45) is 0 Å². The van der Waals surface area contributed by atoms with E-state index in [-0.39, 0.29) is 11.4 Å². The number of hydrogen-bond acceptors (Lipinski definition) is 3. The summed E-state index contributed by atoms with van der Waals surface area (Å²) in [5.41, 5.74) is 3.62. The van der Waals surface area contributed by atoms with Gasteiger partial charge in [-0.05, 0) is 43.0 Å². The molecule has 0 bridgehead atoms. The molecule has 0 radical (unpaired) electrons. The Balaban J connectivity index is 1.51. The van der Waals surface area contributed by atoms with Crippen LogP contribution in [0, 0.1) is 6.92 Å². The molecular weight excluding hydrogens is 328 g/mol. The van der Waals surface area contributed by atoms with Crippen LogP contribution in [0.5, 0.6) is 11.5 Å². The van der Waals surface area contributed by atoms with Crippen LogP contribution in [0.4, 0.5) is 4.79 Å². The van der Waals surface area contributed by atoms with Gasteiger partial charge in [-0.2, -0.15) is 0 Å². The van der Waals surface area contributed by atoms with Gasteiger partial charge in [-0.25, -0.2) is 4.79 Å². The zero-order chi connectivity index (χ0) is 18.6. The lowest BCUT2D eigenvalue weighted by Gasteiger charge is -2.17. The quantitative estimate of drug-likeness (QED) is 0.799. The second kappa shape index (κ2) is 7.68. The maximum absolute atomic E-state index is 12.2. The summed E-state index contributed by atoms with van der Waals surface area (Å²) in [5.74, 6) is 1.33. The predicted octanol–water partition coefficient (Wildman–Crippen LogP) is 3.54. The molecule has 138 valence electrons. The normalized spacial score (nSPS) is 14.4. The Hall–Kier alpha value is -2.69. The number of ether oxygens (including phenoxy) is 2. The molecule has 3 rings (SSSR count). The smallest absolute Gasteiger partial charge is 0.315 e. The number of aryl methyl sites for hydroxylation is 1. The number of benzene rings is 2. The first-order chi connectivity index (χ1) is 12.6. The van der Waals surface area contributed by atoms with Crippen molar-refractivity contribution in [1.82, 2.24) is 10.6 Å². The lowest BCUT2D eigenvalue weighted by atomic mass is 9.95. The molecule has 5 nitrogen and oxygen atoms in total. The molecule has 0 aromatic heterocycles. The highest BCUT2D eigenvalue weighted by molar-refractivity contribution is 5.74. The summed E-state index contributed by atoms with van der Waals surface area (Å²) in [6.45, 7) is 3.18. The third kappa shape index (κ3) is 4.10. The van der Waals surface area contributed by atoms with Crippen molar-refractivity contribution in [3.8, 4) is 11.5 Å². The van der Waals surface area contributed by atoms with Gasteiger partial charge in [-0.1, -0.05) is 35.9 Å². The van der Waals surface area contributed by atoms with Crippen molar-refractivity contribution in [2.75, 3.05) is 20.8 Å². The van der Waals surface area contributed by atoms with Crippen LogP contribution in [-0.2, 0) is 12.0 Å². The number of hydrogen-bond donors (Lipinski definition) is 2. The first-order valence-corrected chi connectivity index (χ1v) is 8.86. The molecular formula is C21H26N2O3. The standard InChI is InChI=1S/C21H26N2O3/c1-15-4-7-17(8-5-15)21(10-11-21)14-23-20(24)22-13-16-6-9-18(25-2)19(12-16)26-3/h4-9,12H,10-11,13-14H2,1-3H3,(H2,22,23,24). The molecule has 1 saturated carbocycles. The Kier molecular flexibility index (Phi) is 5.35. The maximum atomic E-state index is 12.2. The summed E-state index contributed by atoms with van der Waals surface area (Å²) >= 11 is 0. The zero-order valence-corrected chi connectivity index (χ0v) is 15.6. The Labute approximate surface area is 154 Å². The van der Waals surface area contributed by atoms with Crippen LogP contribution in [0.3, 0.4) is 0 Å². The summed E-state index contributed by atoms with van der Waals surface area (Å²) in [7, 11) is 3.20. The highest BCUT2D eigenvalue weighted by atomic mass is 16.5. The van der Waals surface area contributed by atoms with E-state index < -0.39 is 0 Å². The molecule has 2 N–H and O–H groups in total. The molecule has 5 heteroatoms. The fourth-order valence-corrected chi connectivity index (χ4v) is 3.11. The zero-order valence-electron chi connectivity index (χ0n) is 15.6. The van der Waals surface area contributed by atoms with Crippen molar-refractivity contribution in [1.29, 1.82) is 0 Å². The van der Waals surface area contributed by atoms with E-state index in [9.17, 15) is 4.79 Å². The van der Waals surface area contributed by atoms with Crippen molar-refractivity contribution in [3.05, 3.63) is 59.2 Å². The third-order valence-electron chi connectivity index (χ3n) is 5.01. The highest BCUT2D eigenvalue weighted by Gasteiger charge is 2.44. The Bertz CT molecular complexity index is 767. The van der Waals surface area contributed by atoms with Gasteiger partial charge in [0.1, 0.15) is 0 Å². The van der Waals surface area contributed by atoms with Gasteiger partial charge in [0.25, 0.3) is 0 Å². The highest BCUT2D eigenvalue weighted by Crippen LogP contribution is 2.47. The molecule has 1 fully saturated rings. The number of carbonyl (C=O) groups is 1. The average Bonchev–Trinajstić information content (AvgIpc) is 3.46. The Morgan fingerprint density at radius 3 is 2.31 bits per heavy atom. The summed E-state index contributed by atoms with van der Waals surface area (Å²) in [4.78, 5) is 12.2. The molecule has 0 saturated heterocycles. The van der Waals surface area contributed by atoms with Crippen LogP contribution in [0.2, 0.25) is 0 Å². The SMILES string of the molecule is COc1ccc(CNC(=O)NCC2(c3ccc(C)cc3)CC2)cc1OC. The van der Waals surface area contributed by atoms with Crippen LogP contribution < -0.4 is 20.1 Å². The number of nitrogens with one attached hydrogen (secondary N) is 2. The molecule has 2 aromatic carbocycles. The minimum absolute atomic E-state index is 0.106. The minimum atomic E-state index is -0.154. The van der Waals surface area contributed by atoms with E-state index in [1.807, 2.05) is 18.2 Å². The number of methoxy groups -OCH3 is 2. The van der Waals surface area contributed by atoms with Crippen LogP contribution in [0.25, 0.3) is 0 Å². The summed E-state index contributed by atoms with van der Waals surface area (Å²) < 4.78 is 10.5. The van der Waals surface area contributed by atoms with Crippen LogP contribution >= 0.6 is 0 Å². The molecule has 26 heavy (non-hydrogen) atoms. The molecule has 0 aliphatic heterocycles.